The van der Waals surface area contributed by atoms with Gasteiger partial charge in [-0.2, -0.15) is 10.2 Å². The molecule has 6 nitrogen and oxygen atoms in total. The Kier molecular flexibility index (Phi) is 4.01. The molecule has 0 atom stereocenters. The number of benzene rings is 2. The lowest BCUT2D eigenvalue weighted by Crippen LogP contribution is -2.21. The Morgan fingerprint density at radius 2 is 1.92 bits per heavy atom. The Balaban J connectivity index is 1.56. The smallest absolute Gasteiger partial charge is 0.289 e. The first kappa shape index (κ1) is 16.1. The molecule has 3 N–H and O–H groups in total. The van der Waals surface area contributed by atoms with Crippen LogP contribution in [0.4, 0.5) is 0 Å². The lowest BCUT2D eigenvalue weighted by molar-refractivity contribution is 0.0949. The van der Waals surface area contributed by atoms with Crippen LogP contribution in [0.1, 0.15) is 34.1 Å². The van der Waals surface area contributed by atoms with Crippen LogP contribution in [0.5, 0.6) is 5.75 Å². The molecule has 0 spiro atoms. The van der Waals surface area contributed by atoms with Crippen molar-refractivity contribution in [1.29, 1.82) is 0 Å². The van der Waals surface area contributed by atoms with E-state index >= 15 is 0 Å². The fourth-order valence-electron chi connectivity index (χ4n) is 3.21. The van der Waals surface area contributed by atoms with Gasteiger partial charge in [0.05, 0.1) is 11.4 Å². The number of H-pyrrole nitrogens is 1. The molecule has 1 aromatic heterocycles. The first-order valence-corrected chi connectivity index (χ1v) is 8.43. The molecule has 130 valence electrons. The van der Waals surface area contributed by atoms with E-state index in [1.54, 1.807) is 31.2 Å². The van der Waals surface area contributed by atoms with Crippen molar-refractivity contribution in [3.05, 3.63) is 70.9 Å². The maximum Gasteiger partial charge on any atom is 0.289 e. The Bertz CT molecular complexity index is 1000. The van der Waals surface area contributed by atoms with Crippen molar-refractivity contribution in [2.45, 2.75) is 19.8 Å². The second-order valence-electron chi connectivity index (χ2n) is 6.27. The van der Waals surface area contributed by atoms with Crippen LogP contribution >= 0.6 is 0 Å². The van der Waals surface area contributed by atoms with Crippen LogP contribution in [0, 0.1) is 0 Å². The van der Waals surface area contributed by atoms with E-state index in [1.807, 2.05) is 18.2 Å². The summed E-state index contributed by atoms with van der Waals surface area (Å²) in [5.41, 5.74) is 8.61. The van der Waals surface area contributed by atoms with E-state index < -0.39 is 0 Å². The van der Waals surface area contributed by atoms with Gasteiger partial charge >= 0.3 is 0 Å². The number of nitrogens with zero attached hydrogens (tertiary/aromatic N) is 2. The number of rotatable bonds is 3. The molecule has 0 aliphatic heterocycles. The Hall–Kier alpha value is -3.41. The van der Waals surface area contributed by atoms with Gasteiger partial charge in [0, 0.05) is 11.1 Å². The average Bonchev–Trinajstić information content (AvgIpc) is 3.11. The van der Waals surface area contributed by atoms with Crippen molar-refractivity contribution in [3.8, 4) is 17.0 Å². The molecule has 0 fully saturated rings. The zero-order valence-corrected chi connectivity index (χ0v) is 14.3. The van der Waals surface area contributed by atoms with Gasteiger partial charge < -0.3 is 5.11 Å². The molecule has 2 aromatic carbocycles. The molecule has 0 radical (unpaired) electrons. The standard InChI is InChI=1S/C20H18N4O2/c1-12(13-6-9-15(25)10-7-13)21-24-20(26)19-17-11-8-14-4-2-3-5-16(14)18(17)22-23-19/h2-7,9-10,25H,8,11H2,1H3,(H,22,23)(H,24,26). The molecule has 4 rings (SSSR count). The van der Waals surface area contributed by atoms with Gasteiger partial charge in [0.15, 0.2) is 0 Å². The third kappa shape index (κ3) is 2.86. The monoisotopic (exact) mass is 346 g/mol. The summed E-state index contributed by atoms with van der Waals surface area (Å²) in [7, 11) is 0. The van der Waals surface area contributed by atoms with E-state index in [0.717, 1.165) is 35.2 Å². The van der Waals surface area contributed by atoms with Gasteiger partial charge in [-0.3, -0.25) is 9.89 Å². The Labute approximate surface area is 150 Å². The Morgan fingerprint density at radius 1 is 1.15 bits per heavy atom. The minimum atomic E-state index is -0.309. The normalized spacial score (nSPS) is 13.0. The van der Waals surface area contributed by atoms with Crippen LogP contribution in [0.3, 0.4) is 0 Å². The van der Waals surface area contributed by atoms with E-state index in [1.165, 1.54) is 5.56 Å². The number of nitrogens with one attached hydrogen (secondary N) is 2. The molecule has 1 heterocycles. The molecule has 0 saturated heterocycles. The summed E-state index contributed by atoms with van der Waals surface area (Å²) in [6, 6.07) is 14.8. The largest absolute Gasteiger partial charge is 0.508 e. The van der Waals surface area contributed by atoms with Gasteiger partial charge in [-0.25, -0.2) is 5.43 Å². The summed E-state index contributed by atoms with van der Waals surface area (Å²) in [4.78, 5) is 12.6. The lowest BCUT2D eigenvalue weighted by atomic mass is 9.89. The van der Waals surface area contributed by atoms with E-state index in [2.05, 4.69) is 26.8 Å². The number of phenolic OH excluding ortho intramolecular Hbond substituents is 1. The number of aryl methyl sites for hydroxylation is 1. The molecule has 0 bridgehead atoms. The summed E-state index contributed by atoms with van der Waals surface area (Å²) < 4.78 is 0. The number of fused-ring (bicyclic) bond motifs is 3. The fourth-order valence-corrected chi connectivity index (χ4v) is 3.21. The van der Waals surface area contributed by atoms with Crippen molar-refractivity contribution in [3.63, 3.8) is 0 Å². The van der Waals surface area contributed by atoms with Gasteiger partial charge in [0.2, 0.25) is 0 Å². The van der Waals surface area contributed by atoms with Gasteiger partial charge in [0.1, 0.15) is 11.4 Å². The zero-order valence-electron chi connectivity index (χ0n) is 14.3. The van der Waals surface area contributed by atoms with Crippen molar-refractivity contribution >= 4 is 11.6 Å². The highest BCUT2D eigenvalue weighted by Crippen LogP contribution is 2.33. The number of carbonyl (C=O) groups is 1. The van der Waals surface area contributed by atoms with Crippen LogP contribution in [0.15, 0.2) is 53.6 Å². The predicted molar refractivity (Wildman–Crippen MR) is 99.2 cm³/mol. The second kappa shape index (κ2) is 6.48. The summed E-state index contributed by atoms with van der Waals surface area (Å²) in [6.07, 6.45) is 1.66. The van der Waals surface area contributed by atoms with Gasteiger partial charge in [-0.05, 0) is 55.2 Å². The summed E-state index contributed by atoms with van der Waals surface area (Å²) in [5, 5.41) is 20.7. The number of hydrazone groups is 1. The maximum absolute atomic E-state index is 12.6. The molecule has 1 aliphatic rings. The first-order valence-electron chi connectivity index (χ1n) is 8.43. The third-order valence-corrected chi connectivity index (χ3v) is 4.62. The van der Waals surface area contributed by atoms with Crippen LogP contribution in [-0.4, -0.2) is 26.9 Å². The van der Waals surface area contributed by atoms with Crippen LogP contribution in [0.2, 0.25) is 0 Å². The average molecular weight is 346 g/mol. The van der Waals surface area contributed by atoms with Crippen LogP contribution in [-0.2, 0) is 12.8 Å². The SMILES string of the molecule is CC(=NNC(=O)c1[nH]nc2c1CCc1ccccc1-2)c1ccc(O)cc1. The molecular weight excluding hydrogens is 328 g/mol. The van der Waals surface area contributed by atoms with Crippen molar-refractivity contribution < 1.29 is 9.90 Å². The maximum atomic E-state index is 12.6. The van der Waals surface area contributed by atoms with E-state index in [4.69, 9.17) is 0 Å². The highest BCUT2D eigenvalue weighted by atomic mass is 16.3. The fraction of sp³-hybridized carbons (Fsp3) is 0.150. The van der Waals surface area contributed by atoms with E-state index in [0.29, 0.717) is 11.4 Å². The number of hydrogen-bond acceptors (Lipinski definition) is 4. The van der Waals surface area contributed by atoms with Crippen molar-refractivity contribution in [2.24, 2.45) is 5.10 Å². The number of aromatic nitrogens is 2. The summed E-state index contributed by atoms with van der Waals surface area (Å²) in [5.74, 6) is -0.119. The highest BCUT2D eigenvalue weighted by molar-refractivity contribution is 6.01. The molecule has 1 amide bonds. The van der Waals surface area contributed by atoms with Crippen molar-refractivity contribution in [1.82, 2.24) is 15.6 Å². The number of amides is 1. The minimum Gasteiger partial charge on any atom is -0.508 e. The highest BCUT2D eigenvalue weighted by Gasteiger charge is 2.24. The second-order valence-corrected chi connectivity index (χ2v) is 6.27. The zero-order chi connectivity index (χ0) is 18.1. The summed E-state index contributed by atoms with van der Waals surface area (Å²) >= 11 is 0. The molecular formula is C20H18N4O2. The number of phenols is 1. The topological polar surface area (TPSA) is 90.4 Å². The van der Waals surface area contributed by atoms with Gasteiger partial charge in [-0.15, -0.1) is 0 Å². The van der Waals surface area contributed by atoms with Crippen LogP contribution < -0.4 is 5.43 Å². The quantitative estimate of drug-likeness (QED) is 0.503. The van der Waals surface area contributed by atoms with Crippen molar-refractivity contribution in [2.75, 3.05) is 0 Å². The molecule has 26 heavy (non-hydrogen) atoms. The first-order chi connectivity index (χ1) is 12.6. The molecule has 3 aromatic rings. The van der Waals surface area contributed by atoms with E-state index in [9.17, 15) is 9.90 Å². The predicted octanol–water partition coefficient (Wildman–Crippen LogP) is 3.03. The molecule has 6 heteroatoms. The van der Waals surface area contributed by atoms with Gasteiger partial charge in [0.25, 0.3) is 5.91 Å². The number of carbonyl (C=O) groups excluding carboxylic acids is 1. The van der Waals surface area contributed by atoms with Gasteiger partial charge in [-0.1, -0.05) is 24.3 Å². The molecule has 0 unspecified atom stereocenters. The minimum absolute atomic E-state index is 0.190. The number of aromatic amines is 1. The molecule has 0 saturated carbocycles. The Morgan fingerprint density at radius 3 is 2.73 bits per heavy atom. The number of aromatic hydroxyl groups is 1. The number of hydrogen-bond donors (Lipinski definition) is 3. The third-order valence-electron chi connectivity index (χ3n) is 4.62. The lowest BCUT2D eigenvalue weighted by Gasteiger charge is -2.15. The molecule has 1 aliphatic carbocycles. The summed E-state index contributed by atoms with van der Waals surface area (Å²) in [6.45, 7) is 1.80. The van der Waals surface area contributed by atoms with Crippen LogP contribution in [0.25, 0.3) is 11.3 Å². The van der Waals surface area contributed by atoms with E-state index in [-0.39, 0.29) is 11.7 Å².